The summed E-state index contributed by atoms with van der Waals surface area (Å²) in [6.45, 7) is 4.21. The van der Waals surface area contributed by atoms with Gasteiger partial charge in [-0.3, -0.25) is 9.36 Å². The average molecular weight is 545 g/mol. The topological polar surface area (TPSA) is 69.9 Å². The minimum Gasteiger partial charge on any atom is -0.489 e. The molecule has 0 radical (unpaired) electrons. The highest BCUT2D eigenvalue weighted by Gasteiger charge is 2.33. The monoisotopic (exact) mass is 544 g/mol. The van der Waals surface area contributed by atoms with Crippen molar-refractivity contribution in [3.63, 3.8) is 0 Å². The Hall–Kier alpha value is -3.94. The highest BCUT2D eigenvalue weighted by Crippen LogP contribution is 2.31. The largest absolute Gasteiger partial charge is 0.489 e. The van der Waals surface area contributed by atoms with Crippen LogP contribution in [-0.2, 0) is 16.1 Å². The summed E-state index contributed by atoms with van der Waals surface area (Å²) in [4.78, 5) is 31.8. The quantitative estimate of drug-likeness (QED) is 0.306. The van der Waals surface area contributed by atoms with E-state index in [4.69, 9.17) is 21.1 Å². The van der Waals surface area contributed by atoms with Crippen molar-refractivity contribution in [1.29, 1.82) is 0 Å². The van der Waals surface area contributed by atoms with Crippen LogP contribution in [0.4, 0.5) is 0 Å². The number of aromatic nitrogens is 1. The Kier molecular flexibility index (Phi) is 7.58. The van der Waals surface area contributed by atoms with Gasteiger partial charge in [-0.25, -0.2) is 9.79 Å². The van der Waals surface area contributed by atoms with Gasteiger partial charge in [0.1, 0.15) is 12.4 Å². The van der Waals surface area contributed by atoms with Crippen molar-refractivity contribution in [1.82, 2.24) is 4.57 Å². The van der Waals surface area contributed by atoms with Gasteiger partial charge < -0.3 is 9.47 Å². The number of thiazole rings is 1. The van der Waals surface area contributed by atoms with E-state index in [9.17, 15) is 9.59 Å². The predicted octanol–water partition coefficient (Wildman–Crippen LogP) is 5.03. The summed E-state index contributed by atoms with van der Waals surface area (Å²) in [7, 11) is 0. The van der Waals surface area contributed by atoms with Crippen molar-refractivity contribution in [3.05, 3.63) is 132 Å². The van der Waals surface area contributed by atoms with E-state index >= 15 is 0 Å². The number of hydrogen-bond donors (Lipinski definition) is 0. The molecule has 0 aliphatic carbocycles. The molecule has 38 heavy (non-hydrogen) atoms. The Morgan fingerprint density at radius 3 is 2.45 bits per heavy atom. The van der Waals surface area contributed by atoms with Crippen LogP contribution in [0, 0.1) is 0 Å². The molecule has 5 rings (SSSR count). The van der Waals surface area contributed by atoms with Crippen LogP contribution in [0.25, 0.3) is 6.08 Å². The molecule has 0 amide bonds. The van der Waals surface area contributed by atoms with Crippen molar-refractivity contribution < 1.29 is 14.3 Å². The fourth-order valence-corrected chi connectivity index (χ4v) is 5.48. The van der Waals surface area contributed by atoms with Crippen LogP contribution < -0.4 is 19.6 Å². The van der Waals surface area contributed by atoms with Crippen LogP contribution in [0.2, 0.25) is 5.02 Å². The molecule has 4 aromatic rings. The number of hydrogen-bond acceptors (Lipinski definition) is 6. The van der Waals surface area contributed by atoms with E-state index in [1.54, 1.807) is 30.5 Å². The first-order valence-electron chi connectivity index (χ1n) is 12.2. The van der Waals surface area contributed by atoms with Crippen LogP contribution in [0.15, 0.2) is 99.9 Å². The van der Waals surface area contributed by atoms with Gasteiger partial charge in [0.15, 0.2) is 4.80 Å². The molecule has 1 atom stereocenters. The number of carbonyl (C=O) groups excluding carboxylic acids is 1. The Bertz CT molecular complexity index is 1670. The third kappa shape index (κ3) is 5.35. The second-order valence-corrected chi connectivity index (χ2v) is 10.1. The summed E-state index contributed by atoms with van der Waals surface area (Å²) in [5, 5.41) is 0.565. The summed E-state index contributed by atoms with van der Waals surface area (Å²) in [6, 6.07) is 24.0. The van der Waals surface area contributed by atoms with Crippen molar-refractivity contribution in [2.24, 2.45) is 4.99 Å². The maximum atomic E-state index is 13.7. The second-order valence-electron chi connectivity index (χ2n) is 8.70. The zero-order valence-electron chi connectivity index (χ0n) is 20.9. The van der Waals surface area contributed by atoms with Gasteiger partial charge in [-0.05, 0) is 60.9 Å². The Balaban J connectivity index is 1.51. The summed E-state index contributed by atoms with van der Waals surface area (Å²) < 4.78 is 13.3. The number of esters is 1. The molecule has 192 valence electrons. The maximum Gasteiger partial charge on any atom is 0.338 e. The molecule has 2 heterocycles. The van der Waals surface area contributed by atoms with Gasteiger partial charge >= 0.3 is 5.97 Å². The fourth-order valence-electron chi connectivity index (χ4n) is 4.30. The number of carbonyl (C=O) groups is 1. The molecule has 0 bridgehead atoms. The molecule has 8 heteroatoms. The van der Waals surface area contributed by atoms with E-state index in [0.29, 0.717) is 32.2 Å². The standard InChI is InChI=1S/C30H25ClN2O4S/c1-3-36-29(35)26-19(2)32-30-33(27(26)22-11-13-23(31)14-12-22)28(34)25(38-30)17-20-9-15-24(16-10-20)37-18-21-7-5-4-6-8-21/h4-17,27H,3,18H2,1-2H3/b25-17-/t27-/m0/s1. The van der Waals surface area contributed by atoms with E-state index in [0.717, 1.165) is 22.4 Å². The van der Waals surface area contributed by atoms with E-state index in [1.165, 1.54) is 11.3 Å². The van der Waals surface area contributed by atoms with Crippen LogP contribution in [0.1, 0.15) is 36.6 Å². The minimum absolute atomic E-state index is 0.221. The van der Waals surface area contributed by atoms with Crippen molar-refractivity contribution in [2.45, 2.75) is 26.5 Å². The van der Waals surface area contributed by atoms with Gasteiger partial charge in [0, 0.05) is 5.02 Å². The van der Waals surface area contributed by atoms with Crippen molar-refractivity contribution in [3.8, 4) is 5.75 Å². The third-order valence-electron chi connectivity index (χ3n) is 6.13. The number of benzene rings is 3. The predicted molar refractivity (Wildman–Crippen MR) is 149 cm³/mol. The van der Waals surface area contributed by atoms with Gasteiger partial charge in [-0.2, -0.15) is 0 Å². The van der Waals surface area contributed by atoms with Gasteiger partial charge in [0.25, 0.3) is 5.56 Å². The van der Waals surface area contributed by atoms with E-state index in [-0.39, 0.29) is 12.2 Å². The molecular formula is C30H25ClN2O4S. The summed E-state index contributed by atoms with van der Waals surface area (Å²) >= 11 is 7.40. The first-order valence-corrected chi connectivity index (χ1v) is 13.4. The van der Waals surface area contributed by atoms with Gasteiger partial charge in [0.2, 0.25) is 0 Å². The molecule has 0 saturated carbocycles. The molecule has 3 aromatic carbocycles. The molecule has 6 nitrogen and oxygen atoms in total. The zero-order chi connectivity index (χ0) is 26.6. The number of halogens is 1. The van der Waals surface area contributed by atoms with Crippen molar-refractivity contribution >= 4 is 35.0 Å². The normalized spacial score (nSPS) is 15.1. The molecule has 0 unspecified atom stereocenters. The Morgan fingerprint density at radius 1 is 1.05 bits per heavy atom. The second kappa shape index (κ2) is 11.2. The number of nitrogens with zero attached hydrogens (tertiary/aromatic N) is 2. The molecule has 1 aliphatic rings. The smallest absolute Gasteiger partial charge is 0.338 e. The highest BCUT2D eigenvalue weighted by molar-refractivity contribution is 7.07. The van der Waals surface area contributed by atoms with E-state index in [2.05, 4.69) is 4.99 Å². The number of rotatable bonds is 7. The molecule has 0 fully saturated rings. The maximum absolute atomic E-state index is 13.7. The number of allylic oxidation sites excluding steroid dienone is 1. The SMILES string of the molecule is CCOC(=O)C1=C(C)N=c2s/c(=C\c3ccc(OCc4ccccc4)cc3)c(=O)n2[C@H]1c1ccc(Cl)cc1. The molecule has 1 aliphatic heterocycles. The van der Waals surface area contributed by atoms with Gasteiger partial charge in [-0.15, -0.1) is 0 Å². The zero-order valence-corrected chi connectivity index (χ0v) is 22.5. The van der Waals surface area contributed by atoms with Crippen LogP contribution in [0.3, 0.4) is 0 Å². The molecule has 1 aromatic heterocycles. The number of fused-ring (bicyclic) bond motifs is 1. The van der Waals surface area contributed by atoms with Crippen LogP contribution in [0.5, 0.6) is 5.75 Å². The summed E-state index contributed by atoms with van der Waals surface area (Å²) in [5.74, 6) is 0.249. The Morgan fingerprint density at radius 2 is 1.76 bits per heavy atom. The van der Waals surface area contributed by atoms with Crippen LogP contribution >= 0.6 is 22.9 Å². The van der Waals surface area contributed by atoms with Crippen molar-refractivity contribution in [2.75, 3.05) is 6.61 Å². The lowest BCUT2D eigenvalue weighted by Gasteiger charge is -2.24. The third-order valence-corrected chi connectivity index (χ3v) is 7.36. The first-order chi connectivity index (χ1) is 18.4. The highest BCUT2D eigenvalue weighted by atomic mass is 35.5. The first kappa shape index (κ1) is 25.7. The summed E-state index contributed by atoms with van der Waals surface area (Å²) in [5.41, 5.74) is 3.33. The van der Waals surface area contributed by atoms with Gasteiger partial charge in [0.05, 0.1) is 28.5 Å². The summed E-state index contributed by atoms with van der Waals surface area (Å²) in [6.07, 6.45) is 1.83. The lowest BCUT2D eigenvalue weighted by Crippen LogP contribution is -2.39. The minimum atomic E-state index is -0.668. The average Bonchev–Trinajstić information content (AvgIpc) is 3.22. The fraction of sp³-hybridized carbons (Fsp3) is 0.167. The van der Waals surface area contributed by atoms with Crippen LogP contribution in [-0.4, -0.2) is 17.1 Å². The van der Waals surface area contributed by atoms with E-state index < -0.39 is 12.0 Å². The molecule has 0 spiro atoms. The Labute approximate surface area is 228 Å². The lowest BCUT2D eigenvalue weighted by molar-refractivity contribution is -0.139. The lowest BCUT2D eigenvalue weighted by atomic mass is 9.96. The van der Waals surface area contributed by atoms with Gasteiger partial charge in [-0.1, -0.05) is 77.5 Å². The molecule has 0 N–H and O–H groups in total. The van der Waals surface area contributed by atoms with E-state index in [1.807, 2.05) is 72.8 Å². The molecule has 0 saturated heterocycles. The number of ether oxygens (including phenoxy) is 2. The molecular weight excluding hydrogens is 520 g/mol.